The molecule has 1 atom stereocenters. The first-order chi connectivity index (χ1) is 12.7. The molecule has 0 radical (unpaired) electrons. The lowest BCUT2D eigenvalue weighted by molar-refractivity contribution is -0.122. The number of anilines is 2. The van der Waals surface area contributed by atoms with E-state index in [4.69, 9.17) is 0 Å². The number of thiazole rings is 1. The molecule has 1 aliphatic rings. The molecule has 1 saturated heterocycles. The number of benzene rings is 2. The second-order valence-electron chi connectivity index (χ2n) is 6.14. The van der Waals surface area contributed by atoms with Gasteiger partial charge < -0.3 is 10.2 Å². The van der Waals surface area contributed by atoms with E-state index in [9.17, 15) is 9.59 Å². The number of hydrogen-bond acceptors (Lipinski definition) is 4. The van der Waals surface area contributed by atoms with Gasteiger partial charge in [0.2, 0.25) is 11.8 Å². The van der Waals surface area contributed by atoms with E-state index < -0.39 is 0 Å². The lowest BCUT2D eigenvalue weighted by atomic mass is 10.1. The number of para-hydroxylation sites is 1. The molecule has 1 N–H and O–H groups in total. The van der Waals surface area contributed by atoms with Gasteiger partial charge in [-0.15, -0.1) is 11.3 Å². The van der Waals surface area contributed by atoms with Gasteiger partial charge in [0.25, 0.3) is 0 Å². The zero-order valence-corrected chi connectivity index (χ0v) is 14.8. The quantitative estimate of drug-likeness (QED) is 0.767. The monoisotopic (exact) mass is 363 g/mol. The number of carbonyl (C=O) groups excluding carboxylic acids is 2. The average molecular weight is 363 g/mol. The summed E-state index contributed by atoms with van der Waals surface area (Å²) < 4.78 is 0. The summed E-state index contributed by atoms with van der Waals surface area (Å²) in [5.74, 6) is -0.490. The largest absolute Gasteiger partial charge is 0.326 e. The molecule has 0 spiro atoms. The molecule has 2 aromatic carbocycles. The summed E-state index contributed by atoms with van der Waals surface area (Å²) in [6.07, 6.45) is 2.00. The maximum atomic E-state index is 12.6. The van der Waals surface area contributed by atoms with Crippen molar-refractivity contribution < 1.29 is 9.59 Å². The maximum Gasteiger partial charge on any atom is 0.229 e. The molecule has 0 bridgehead atoms. The molecule has 2 amide bonds. The molecule has 1 aromatic heterocycles. The molecular weight excluding hydrogens is 346 g/mol. The third-order valence-corrected chi connectivity index (χ3v) is 5.22. The molecule has 1 fully saturated rings. The Morgan fingerprint density at radius 3 is 2.58 bits per heavy atom. The van der Waals surface area contributed by atoms with Crippen LogP contribution < -0.4 is 10.2 Å². The van der Waals surface area contributed by atoms with Gasteiger partial charge in [-0.1, -0.05) is 18.2 Å². The molecule has 4 rings (SSSR count). The van der Waals surface area contributed by atoms with Gasteiger partial charge in [-0.05, 0) is 36.4 Å². The summed E-state index contributed by atoms with van der Waals surface area (Å²) in [5.41, 5.74) is 2.57. The normalized spacial score (nSPS) is 16.7. The maximum absolute atomic E-state index is 12.6. The first-order valence-electron chi connectivity index (χ1n) is 8.37. The summed E-state index contributed by atoms with van der Waals surface area (Å²) in [6.45, 7) is 0.409. The van der Waals surface area contributed by atoms with Crippen molar-refractivity contribution in [3.63, 3.8) is 0 Å². The Bertz CT molecular complexity index is 908. The second kappa shape index (κ2) is 7.09. The van der Waals surface area contributed by atoms with E-state index in [-0.39, 0.29) is 24.2 Å². The van der Waals surface area contributed by atoms with Crippen LogP contribution in [-0.4, -0.2) is 23.3 Å². The molecule has 130 valence electrons. The SMILES string of the molecule is O=C(Nc1ccc(-c2nccs2)cc1)C1CC(=O)N(c2ccccc2)C1. The van der Waals surface area contributed by atoms with Crippen molar-refractivity contribution in [3.8, 4) is 10.6 Å². The molecule has 5 nitrogen and oxygen atoms in total. The number of nitrogens with zero attached hydrogens (tertiary/aromatic N) is 2. The number of carbonyl (C=O) groups is 2. The first-order valence-corrected chi connectivity index (χ1v) is 9.25. The highest BCUT2D eigenvalue weighted by Crippen LogP contribution is 2.27. The van der Waals surface area contributed by atoms with Crippen LogP contribution in [0.4, 0.5) is 11.4 Å². The van der Waals surface area contributed by atoms with Crippen LogP contribution in [0.2, 0.25) is 0 Å². The average Bonchev–Trinajstić information content (AvgIpc) is 3.33. The van der Waals surface area contributed by atoms with E-state index in [0.29, 0.717) is 6.54 Å². The summed E-state index contributed by atoms with van der Waals surface area (Å²) >= 11 is 1.57. The Morgan fingerprint density at radius 1 is 1.12 bits per heavy atom. The third-order valence-electron chi connectivity index (χ3n) is 4.40. The van der Waals surface area contributed by atoms with Crippen molar-refractivity contribution in [1.82, 2.24) is 4.98 Å². The van der Waals surface area contributed by atoms with Crippen molar-refractivity contribution >= 4 is 34.5 Å². The van der Waals surface area contributed by atoms with Crippen molar-refractivity contribution in [2.24, 2.45) is 5.92 Å². The second-order valence-corrected chi connectivity index (χ2v) is 7.04. The van der Waals surface area contributed by atoms with Gasteiger partial charge in [0.05, 0.1) is 5.92 Å². The molecule has 0 aliphatic carbocycles. The van der Waals surface area contributed by atoms with Crippen molar-refractivity contribution in [2.75, 3.05) is 16.8 Å². The highest BCUT2D eigenvalue weighted by molar-refractivity contribution is 7.13. The van der Waals surface area contributed by atoms with E-state index in [0.717, 1.165) is 21.9 Å². The van der Waals surface area contributed by atoms with Gasteiger partial charge in [0, 0.05) is 41.5 Å². The predicted octanol–water partition coefficient (Wildman–Crippen LogP) is 3.80. The Labute approximate surface area is 155 Å². The standard InChI is InChI=1S/C20H17N3O2S/c24-18-12-15(13-23(18)17-4-2-1-3-5-17)19(25)22-16-8-6-14(7-9-16)20-21-10-11-26-20/h1-11,15H,12-13H2,(H,22,25). The van der Waals surface area contributed by atoms with E-state index in [1.54, 1.807) is 22.4 Å². The molecule has 2 heterocycles. The highest BCUT2D eigenvalue weighted by atomic mass is 32.1. The number of amides is 2. The molecule has 26 heavy (non-hydrogen) atoms. The fourth-order valence-corrected chi connectivity index (χ4v) is 3.69. The number of nitrogens with one attached hydrogen (secondary N) is 1. The molecule has 1 aliphatic heterocycles. The van der Waals surface area contributed by atoms with Crippen LogP contribution in [0.3, 0.4) is 0 Å². The topological polar surface area (TPSA) is 62.3 Å². The minimum Gasteiger partial charge on any atom is -0.326 e. The van der Waals surface area contributed by atoms with Gasteiger partial charge in [0.1, 0.15) is 5.01 Å². The van der Waals surface area contributed by atoms with Gasteiger partial charge >= 0.3 is 0 Å². The minimum absolute atomic E-state index is 0.0181. The van der Waals surface area contributed by atoms with Crippen LogP contribution >= 0.6 is 11.3 Å². The third kappa shape index (κ3) is 3.36. The fourth-order valence-electron chi connectivity index (χ4n) is 3.05. The summed E-state index contributed by atoms with van der Waals surface area (Å²) in [6, 6.07) is 17.0. The molecule has 0 saturated carbocycles. The Hall–Kier alpha value is -2.99. The lowest BCUT2D eigenvalue weighted by Gasteiger charge is -2.16. The van der Waals surface area contributed by atoms with Crippen LogP contribution in [-0.2, 0) is 9.59 Å². The number of hydrogen-bond donors (Lipinski definition) is 1. The first kappa shape index (κ1) is 16.5. The predicted molar refractivity (Wildman–Crippen MR) is 103 cm³/mol. The van der Waals surface area contributed by atoms with E-state index >= 15 is 0 Å². The molecule has 1 unspecified atom stereocenters. The molecule has 3 aromatic rings. The highest BCUT2D eigenvalue weighted by Gasteiger charge is 2.35. The van der Waals surface area contributed by atoms with Crippen molar-refractivity contribution in [1.29, 1.82) is 0 Å². The zero-order valence-electron chi connectivity index (χ0n) is 14.0. The van der Waals surface area contributed by atoms with E-state index in [1.165, 1.54) is 0 Å². The molecular formula is C20H17N3O2S. The lowest BCUT2D eigenvalue weighted by Crippen LogP contribution is -2.28. The van der Waals surface area contributed by atoms with Crippen LogP contribution in [0.1, 0.15) is 6.42 Å². The Balaban J connectivity index is 1.41. The summed E-state index contributed by atoms with van der Waals surface area (Å²) in [5, 5.41) is 5.79. The summed E-state index contributed by atoms with van der Waals surface area (Å²) in [7, 11) is 0. The van der Waals surface area contributed by atoms with Crippen LogP contribution in [0, 0.1) is 5.92 Å². The van der Waals surface area contributed by atoms with Gasteiger partial charge in [-0.3, -0.25) is 9.59 Å². The smallest absolute Gasteiger partial charge is 0.229 e. The molecule has 6 heteroatoms. The van der Waals surface area contributed by atoms with Crippen molar-refractivity contribution in [2.45, 2.75) is 6.42 Å². The van der Waals surface area contributed by atoms with E-state index in [1.807, 2.05) is 60.0 Å². The van der Waals surface area contributed by atoms with Gasteiger partial charge in [-0.25, -0.2) is 4.98 Å². The van der Waals surface area contributed by atoms with E-state index in [2.05, 4.69) is 10.3 Å². The zero-order chi connectivity index (χ0) is 17.9. The van der Waals surface area contributed by atoms with Crippen LogP contribution in [0.5, 0.6) is 0 Å². The minimum atomic E-state index is -0.346. The van der Waals surface area contributed by atoms with Gasteiger partial charge in [-0.2, -0.15) is 0 Å². The number of rotatable bonds is 4. The Morgan fingerprint density at radius 2 is 1.88 bits per heavy atom. The van der Waals surface area contributed by atoms with Crippen LogP contribution in [0.25, 0.3) is 10.6 Å². The Kier molecular flexibility index (Phi) is 4.50. The van der Waals surface area contributed by atoms with Crippen molar-refractivity contribution in [3.05, 3.63) is 66.2 Å². The fraction of sp³-hybridized carbons (Fsp3) is 0.150. The van der Waals surface area contributed by atoms with Gasteiger partial charge in [0.15, 0.2) is 0 Å². The number of aromatic nitrogens is 1. The van der Waals surface area contributed by atoms with Crippen LogP contribution in [0.15, 0.2) is 66.2 Å². The summed E-state index contributed by atoms with van der Waals surface area (Å²) in [4.78, 5) is 30.8.